The van der Waals surface area contributed by atoms with E-state index < -0.39 is 5.91 Å². The number of likely N-dealkylation sites (tertiary alicyclic amines) is 1. The summed E-state index contributed by atoms with van der Waals surface area (Å²) in [4.78, 5) is 14.0. The fourth-order valence-corrected chi connectivity index (χ4v) is 4.52. The zero-order valence-corrected chi connectivity index (χ0v) is 17.7. The number of primary amides is 1. The number of ether oxygens (including phenoxy) is 2. The minimum absolute atomic E-state index is 0.104. The van der Waals surface area contributed by atoms with Gasteiger partial charge in [0.2, 0.25) is 0 Å². The highest BCUT2D eigenvalue weighted by atomic mass is 16.5. The quantitative estimate of drug-likeness (QED) is 0.681. The van der Waals surface area contributed by atoms with Crippen molar-refractivity contribution >= 4 is 11.7 Å². The summed E-state index contributed by atoms with van der Waals surface area (Å²) >= 11 is 0. The first-order valence-corrected chi connectivity index (χ1v) is 10.7. The third kappa shape index (κ3) is 4.10. The second-order valence-corrected chi connectivity index (χ2v) is 8.15. The number of benzene rings is 1. The molecule has 0 spiro atoms. The number of nitriles is 1. The van der Waals surface area contributed by atoms with Crippen LogP contribution >= 0.6 is 0 Å². The third-order valence-electron chi connectivity index (χ3n) is 6.11. The molecule has 2 aromatic rings. The average Bonchev–Trinajstić information content (AvgIpc) is 3.41. The standard InChI is InChI=1S/C22H28N6O3/c1-30-17-9-8-14(11-18(17)31-16-6-2-3-7-16)20-19(22(25)29)21(24)28(26-20)15-5-4-10-27(12-15)13-23/h8-9,11,15-16H,2-7,10,12,24H2,1H3,(H2,25,29). The summed E-state index contributed by atoms with van der Waals surface area (Å²) in [5, 5.41) is 13.9. The smallest absolute Gasteiger partial charge is 0.254 e. The van der Waals surface area contributed by atoms with Crippen molar-refractivity contribution in [3.05, 3.63) is 23.8 Å². The molecule has 1 aromatic heterocycles. The predicted molar refractivity (Wildman–Crippen MR) is 115 cm³/mol. The van der Waals surface area contributed by atoms with Gasteiger partial charge in [-0.1, -0.05) is 0 Å². The number of methoxy groups -OCH3 is 1. The lowest BCUT2D eigenvalue weighted by Gasteiger charge is -2.29. The van der Waals surface area contributed by atoms with Crippen LogP contribution in [0.1, 0.15) is 54.9 Å². The van der Waals surface area contributed by atoms with Crippen molar-refractivity contribution in [3.8, 4) is 28.9 Å². The van der Waals surface area contributed by atoms with Gasteiger partial charge in [0.1, 0.15) is 17.1 Å². The van der Waals surface area contributed by atoms with Crippen LogP contribution in [-0.2, 0) is 0 Å². The number of nitrogen functional groups attached to an aromatic ring is 1. The average molecular weight is 425 g/mol. The number of nitrogens with zero attached hydrogens (tertiary/aromatic N) is 4. The number of nitrogens with two attached hydrogens (primary N) is 2. The number of anilines is 1. The van der Waals surface area contributed by atoms with Crippen molar-refractivity contribution in [1.82, 2.24) is 14.7 Å². The SMILES string of the molecule is COc1ccc(-c2nn(C3CCCN(C#N)C3)c(N)c2C(N)=O)cc1OC1CCCC1. The third-order valence-corrected chi connectivity index (χ3v) is 6.11. The molecule has 1 aromatic carbocycles. The van der Waals surface area contributed by atoms with E-state index in [0.717, 1.165) is 38.5 Å². The highest BCUT2D eigenvalue weighted by Gasteiger charge is 2.29. The van der Waals surface area contributed by atoms with Gasteiger partial charge in [0.15, 0.2) is 17.7 Å². The number of rotatable bonds is 6. The molecular weight excluding hydrogens is 396 g/mol. The molecule has 0 bridgehead atoms. The number of amides is 1. The molecule has 2 aliphatic rings. The van der Waals surface area contributed by atoms with Crippen molar-refractivity contribution in [2.24, 2.45) is 5.73 Å². The fraction of sp³-hybridized carbons (Fsp3) is 0.500. The second-order valence-electron chi connectivity index (χ2n) is 8.15. The molecule has 0 radical (unpaired) electrons. The summed E-state index contributed by atoms with van der Waals surface area (Å²) in [6.07, 6.45) is 8.34. The number of hydrogen-bond acceptors (Lipinski definition) is 7. The van der Waals surface area contributed by atoms with Crippen LogP contribution in [0.5, 0.6) is 11.5 Å². The molecule has 4 rings (SSSR count). The van der Waals surface area contributed by atoms with Crippen LogP contribution in [0.3, 0.4) is 0 Å². The molecule has 164 valence electrons. The maximum atomic E-state index is 12.3. The lowest BCUT2D eigenvalue weighted by molar-refractivity contribution is 0.100. The van der Waals surface area contributed by atoms with Crippen LogP contribution in [0.4, 0.5) is 5.82 Å². The minimum Gasteiger partial charge on any atom is -0.493 e. The van der Waals surface area contributed by atoms with Gasteiger partial charge in [0.05, 0.1) is 25.8 Å². The molecule has 9 nitrogen and oxygen atoms in total. The summed E-state index contributed by atoms with van der Waals surface area (Å²) in [6, 6.07) is 5.35. The van der Waals surface area contributed by atoms with Crippen LogP contribution < -0.4 is 20.9 Å². The van der Waals surface area contributed by atoms with E-state index in [2.05, 4.69) is 11.3 Å². The first-order chi connectivity index (χ1) is 15.0. The van der Waals surface area contributed by atoms with Crippen molar-refractivity contribution in [3.63, 3.8) is 0 Å². The van der Waals surface area contributed by atoms with Gasteiger partial charge in [0.25, 0.3) is 5.91 Å². The van der Waals surface area contributed by atoms with Gasteiger partial charge in [-0.3, -0.25) is 4.79 Å². The zero-order chi connectivity index (χ0) is 22.0. The van der Waals surface area contributed by atoms with Crippen molar-refractivity contribution < 1.29 is 14.3 Å². The van der Waals surface area contributed by atoms with E-state index in [1.54, 1.807) is 22.8 Å². The molecule has 1 saturated carbocycles. The molecule has 1 atom stereocenters. The Morgan fingerprint density at radius 3 is 2.68 bits per heavy atom. The van der Waals surface area contributed by atoms with Crippen LogP contribution in [-0.4, -0.2) is 46.9 Å². The predicted octanol–water partition coefficient (Wildman–Crippen LogP) is 2.68. The Balaban J connectivity index is 1.73. The molecule has 1 saturated heterocycles. The molecule has 2 heterocycles. The Bertz CT molecular complexity index is 1010. The summed E-state index contributed by atoms with van der Waals surface area (Å²) in [5.41, 5.74) is 13.3. The Morgan fingerprint density at radius 2 is 2.00 bits per heavy atom. The Kier molecular flexibility index (Phi) is 5.89. The fourth-order valence-electron chi connectivity index (χ4n) is 4.52. The molecule has 4 N–H and O–H groups in total. The molecule has 9 heteroatoms. The number of carbonyl (C=O) groups is 1. The molecule has 1 aliphatic heterocycles. The van der Waals surface area contributed by atoms with Gasteiger partial charge in [-0.15, -0.1) is 0 Å². The van der Waals surface area contributed by atoms with Crippen molar-refractivity contribution in [2.75, 3.05) is 25.9 Å². The van der Waals surface area contributed by atoms with E-state index in [0.29, 0.717) is 35.8 Å². The maximum absolute atomic E-state index is 12.3. The van der Waals surface area contributed by atoms with E-state index in [9.17, 15) is 10.1 Å². The summed E-state index contributed by atoms with van der Waals surface area (Å²) in [5.74, 6) is 0.825. The van der Waals surface area contributed by atoms with Gasteiger partial charge >= 0.3 is 0 Å². The monoisotopic (exact) mass is 424 g/mol. The highest BCUT2D eigenvalue weighted by Crippen LogP contribution is 2.38. The van der Waals surface area contributed by atoms with Gasteiger partial charge in [-0.2, -0.15) is 10.4 Å². The van der Waals surface area contributed by atoms with Crippen molar-refractivity contribution in [1.29, 1.82) is 5.26 Å². The lowest BCUT2D eigenvalue weighted by atomic mass is 10.1. The molecule has 1 aliphatic carbocycles. The van der Waals surface area contributed by atoms with Gasteiger partial charge in [-0.25, -0.2) is 4.68 Å². The van der Waals surface area contributed by atoms with E-state index in [-0.39, 0.29) is 23.5 Å². The summed E-state index contributed by atoms with van der Waals surface area (Å²) in [7, 11) is 1.60. The van der Waals surface area contributed by atoms with E-state index in [1.807, 2.05) is 12.1 Å². The topological polar surface area (TPSA) is 132 Å². The lowest BCUT2D eigenvalue weighted by Crippen LogP contribution is -2.34. The van der Waals surface area contributed by atoms with Crippen LogP contribution in [0.25, 0.3) is 11.3 Å². The number of aromatic nitrogens is 2. The molecule has 1 amide bonds. The molecular formula is C22H28N6O3. The maximum Gasteiger partial charge on any atom is 0.254 e. The summed E-state index contributed by atoms with van der Waals surface area (Å²) in [6.45, 7) is 1.21. The number of hydrogen-bond donors (Lipinski definition) is 2. The molecule has 1 unspecified atom stereocenters. The van der Waals surface area contributed by atoms with E-state index in [4.69, 9.17) is 20.9 Å². The number of piperidine rings is 1. The second kappa shape index (κ2) is 8.76. The van der Waals surface area contributed by atoms with Crippen LogP contribution in [0.2, 0.25) is 0 Å². The Hall–Kier alpha value is -3.41. The van der Waals surface area contributed by atoms with Gasteiger partial charge in [-0.05, 0) is 56.7 Å². The molecule has 2 fully saturated rings. The Labute approximate surface area is 181 Å². The van der Waals surface area contributed by atoms with Gasteiger partial charge in [0, 0.05) is 12.1 Å². The first kappa shape index (κ1) is 20.8. The normalized spacial score (nSPS) is 19.2. The van der Waals surface area contributed by atoms with E-state index >= 15 is 0 Å². The highest BCUT2D eigenvalue weighted by molar-refractivity contribution is 6.03. The first-order valence-electron chi connectivity index (χ1n) is 10.7. The number of carbonyl (C=O) groups excluding carboxylic acids is 1. The largest absolute Gasteiger partial charge is 0.493 e. The van der Waals surface area contributed by atoms with Crippen LogP contribution in [0.15, 0.2) is 18.2 Å². The summed E-state index contributed by atoms with van der Waals surface area (Å²) < 4.78 is 13.3. The van der Waals surface area contributed by atoms with Crippen LogP contribution in [0, 0.1) is 11.5 Å². The van der Waals surface area contributed by atoms with E-state index in [1.165, 1.54) is 0 Å². The van der Waals surface area contributed by atoms with Crippen molar-refractivity contribution in [2.45, 2.75) is 50.7 Å². The molecule has 31 heavy (non-hydrogen) atoms. The zero-order valence-electron chi connectivity index (χ0n) is 17.7. The van der Waals surface area contributed by atoms with Gasteiger partial charge < -0.3 is 25.8 Å². The Morgan fingerprint density at radius 1 is 1.23 bits per heavy atom. The minimum atomic E-state index is -0.638.